The van der Waals surface area contributed by atoms with E-state index in [1.54, 1.807) is 12.1 Å². The third-order valence-corrected chi connectivity index (χ3v) is 3.05. The van der Waals surface area contributed by atoms with Crippen LogP contribution in [-0.4, -0.2) is 12.4 Å². The maximum absolute atomic E-state index is 14.2. The van der Waals surface area contributed by atoms with E-state index in [4.69, 9.17) is 4.74 Å². The van der Waals surface area contributed by atoms with Gasteiger partial charge >= 0.3 is 0 Å². The molecule has 0 bridgehead atoms. The first kappa shape index (κ1) is 16.7. The smallest absolute Gasteiger partial charge is 0.168 e. The maximum atomic E-state index is 14.2. The number of Topliss-reactive ketones (excluding diaryl/α,β-unsaturated/α-hetero) is 1. The first-order valence-corrected chi connectivity index (χ1v) is 7.46. The summed E-state index contributed by atoms with van der Waals surface area (Å²) >= 11 is 0. The summed E-state index contributed by atoms with van der Waals surface area (Å²) in [5.41, 5.74) is 0.635. The van der Waals surface area contributed by atoms with Gasteiger partial charge in [-0.25, -0.2) is 4.39 Å². The van der Waals surface area contributed by atoms with E-state index in [9.17, 15) is 9.18 Å². The van der Waals surface area contributed by atoms with Crippen LogP contribution in [0.3, 0.4) is 0 Å². The molecule has 112 valence electrons. The molecule has 0 N–H and O–H groups in total. The summed E-state index contributed by atoms with van der Waals surface area (Å²) in [7, 11) is 0. The van der Waals surface area contributed by atoms with Crippen molar-refractivity contribution in [2.75, 3.05) is 6.61 Å². The second kappa shape index (κ2) is 8.72. The molecule has 0 saturated carbocycles. The number of ether oxygens (including phenoxy) is 1. The van der Waals surface area contributed by atoms with Crippen molar-refractivity contribution in [3.05, 3.63) is 29.6 Å². The molecule has 3 heteroatoms. The van der Waals surface area contributed by atoms with Crippen molar-refractivity contribution in [2.45, 2.75) is 52.9 Å². The number of rotatable bonds is 9. The Balaban J connectivity index is 2.53. The number of aryl methyl sites for hydroxylation is 1. The molecule has 0 atom stereocenters. The fourth-order valence-corrected chi connectivity index (χ4v) is 2.00. The summed E-state index contributed by atoms with van der Waals surface area (Å²) in [6.45, 7) is 6.56. The fourth-order valence-electron chi connectivity index (χ4n) is 2.00. The molecular weight excluding hydrogens is 255 g/mol. The summed E-state index contributed by atoms with van der Waals surface area (Å²) in [4.78, 5) is 11.4. The molecule has 0 amide bonds. The van der Waals surface area contributed by atoms with E-state index >= 15 is 0 Å². The van der Waals surface area contributed by atoms with Crippen molar-refractivity contribution in [2.24, 2.45) is 5.92 Å². The first-order chi connectivity index (χ1) is 9.54. The molecule has 2 nitrogen and oxygen atoms in total. The molecule has 1 rings (SSSR count). The van der Waals surface area contributed by atoms with Crippen LogP contribution in [0.25, 0.3) is 0 Å². The Hall–Kier alpha value is -1.38. The van der Waals surface area contributed by atoms with Crippen LogP contribution in [0.5, 0.6) is 5.75 Å². The molecule has 1 aromatic carbocycles. The Labute approximate surface area is 121 Å². The molecule has 0 aliphatic heterocycles. The van der Waals surface area contributed by atoms with Crippen molar-refractivity contribution in [1.82, 2.24) is 0 Å². The molecule has 1 aromatic rings. The number of carbonyl (C=O) groups excluding carboxylic acids is 1. The normalized spacial score (nSPS) is 10.8. The lowest BCUT2D eigenvalue weighted by Gasteiger charge is -2.11. The molecule has 0 aliphatic carbocycles. The number of ketones is 1. The van der Waals surface area contributed by atoms with Crippen molar-refractivity contribution in [1.29, 1.82) is 0 Å². The minimum absolute atomic E-state index is 0.264. The van der Waals surface area contributed by atoms with E-state index in [0.717, 1.165) is 6.42 Å². The molecular formula is C17H25FO2. The molecule has 0 spiro atoms. The minimum Gasteiger partial charge on any atom is -0.490 e. The topological polar surface area (TPSA) is 26.3 Å². The molecule has 20 heavy (non-hydrogen) atoms. The lowest BCUT2D eigenvalue weighted by molar-refractivity contribution is -0.119. The quantitative estimate of drug-likeness (QED) is 0.663. The van der Waals surface area contributed by atoms with Crippen molar-refractivity contribution in [3.63, 3.8) is 0 Å². The largest absolute Gasteiger partial charge is 0.490 e. The van der Waals surface area contributed by atoms with E-state index in [1.807, 2.05) is 26.8 Å². The fraction of sp³-hybridized carbons (Fsp3) is 0.588. The summed E-state index contributed by atoms with van der Waals surface area (Å²) in [5.74, 6) is 0.664. The molecule has 0 fully saturated rings. The number of benzene rings is 1. The van der Waals surface area contributed by atoms with E-state index in [1.165, 1.54) is 0 Å². The lowest BCUT2D eigenvalue weighted by atomic mass is 10.0. The third-order valence-electron chi connectivity index (χ3n) is 3.05. The highest BCUT2D eigenvalue weighted by molar-refractivity contribution is 5.78. The Kier molecular flexibility index (Phi) is 7.27. The highest BCUT2D eigenvalue weighted by Gasteiger charge is 2.10. The van der Waals surface area contributed by atoms with Crippen molar-refractivity contribution < 1.29 is 13.9 Å². The summed E-state index contributed by atoms with van der Waals surface area (Å²) in [6, 6.07) is 5.23. The van der Waals surface area contributed by atoms with Gasteiger partial charge in [-0.15, -0.1) is 0 Å². The van der Waals surface area contributed by atoms with Crippen LogP contribution in [0.15, 0.2) is 18.2 Å². The average molecular weight is 280 g/mol. The van der Waals surface area contributed by atoms with Gasteiger partial charge in [0.1, 0.15) is 5.78 Å². The van der Waals surface area contributed by atoms with Crippen molar-refractivity contribution >= 4 is 5.78 Å². The van der Waals surface area contributed by atoms with Crippen LogP contribution in [-0.2, 0) is 11.2 Å². The molecule has 0 unspecified atom stereocenters. The molecule has 0 heterocycles. The van der Waals surface area contributed by atoms with Crippen LogP contribution in [0.1, 0.15) is 52.0 Å². The maximum Gasteiger partial charge on any atom is 0.168 e. The third kappa shape index (κ3) is 5.72. The van der Waals surface area contributed by atoms with E-state index in [0.29, 0.717) is 49.5 Å². The number of carbonyl (C=O) groups is 1. The Morgan fingerprint density at radius 2 is 2.05 bits per heavy atom. The van der Waals surface area contributed by atoms with Crippen LogP contribution < -0.4 is 4.74 Å². The van der Waals surface area contributed by atoms with E-state index in [2.05, 4.69) is 0 Å². The van der Waals surface area contributed by atoms with Gasteiger partial charge in [-0.2, -0.15) is 0 Å². The first-order valence-electron chi connectivity index (χ1n) is 7.46. The van der Waals surface area contributed by atoms with Gasteiger partial charge in [0.05, 0.1) is 6.61 Å². The van der Waals surface area contributed by atoms with Crippen LogP contribution >= 0.6 is 0 Å². The van der Waals surface area contributed by atoms with Crippen LogP contribution in [0.2, 0.25) is 0 Å². The van der Waals surface area contributed by atoms with Gasteiger partial charge in [0.15, 0.2) is 11.6 Å². The van der Waals surface area contributed by atoms with Gasteiger partial charge in [0.25, 0.3) is 0 Å². The van der Waals surface area contributed by atoms with Gasteiger partial charge in [0.2, 0.25) is 0 Å². The lowest BCUT2D eigenvalue weighted by Crippen LogP contribution is -2.07. The predicted octanol–water partition coefficient (Wildman–Crippen LogP) is 4.55. The summed E-state index contributed by atoms with van der Waals surface area (Å²) < 4.78 is 19.6. The zero-order valence-corrected chi connectivity index (χ0v) is 12.7. The standard InChI is InChI=1S/C17H25FO2/c1-4-7-15(19)10-5-8-14-9-6-11-16(17(14)18)20-12-13(2)3/h6,9,11,13H,4-5,7-8,10,12H2,1-3H3. The van der Waals surface area contributed by atoms with Gasteiger partial charge in [0, 0.05) is 12.8 Å². The molecule has 0 aromatic heterocycles. The average Bonchev–Trinajstić information content (AvgIpc) is 2.39. The van der Waals surface area contributed by atoms with Gasteiger partial charge < -0.3 is 4.74 Å². The second-order valence-electron chi connectivity index (χ2n) is 5.58. The zero-order valence-electron chi connectivity index (χ0n) is 12.7. The number of halogens is 1. The monoisotopic (exact) mass is 280 g/mol. The summed E-state index contributed by atoms with van der Waals surface area (Å²) in [6.07, 6.45) is 3.32. The number of hydrogen-bond acceptors (Lipinski definition) is 2. The Bertz CT molecular complexity index is 427. The van der Waals surface area contributed by atoms with E-state index in [-0.39, 0.29) is 11.6 Å². The van der Waals surface area contributed by atoms with Crippen molar-refractivity contribution in [3.8, 4) is 5.75 Å². The van der Waals surface area contributed by atoms with Gasteiger partial charge in [-0.3, -0.25) is 4.79 Å². The highest BCUT2D eigenvalue weighted by Crippen LogP contribution is 2.22. The van der Waals surface area contributed by atoms with E-state index < -0.39 is 0 Å². The second-order valence-corrected chi connectivity index (χ2v) is 5.58. The zero-order chi connectivity index (χ0) is 15.0. The summed E-state index contributed by atoms with van der Waals surface area (Å²) in [5, 5.41) is 0. The molecule has 0 saturated heterocycles. The Morgan fingerprint density at radius 3 is 2.70 bits per heavy atom. The Morgan fingerprint density at radius 1 is 1.30 bits per heavy atom. The number of hydrogen-bond donors (Lipinski definition) is 0. The predicted molar refractivity (Wildman–Crippen MR) is 79.6 cm³/mol. The highest BCUT2D eigenvalue weighted by atomic mass is 19.1. The SMILES string of the molecule is CCCC(=O)CCCc1cccc(OCC(C)C)c1F. The minimum atomic E-state index is -0.281. The molecule has 0 aliphatic rings. The van der Waals surface area contributed by atoms with Gasteiger partial charge in [-0.1, -0.05) is 32.9 Å². The van der Waals surface area contributed by atoms with Crippen LogP contribution in [0, 0.1) is 11.7 Å². The van der Waals surface area contributed by atoms with Gasteiger partial charge in [-0.05, 0) is 36.8 Å². The van der Waals surface area contributed by atoms with Crippen LogP contribution in [0.4, 0.5) is 4.39 Å². The molecule has 0 radical (unpaired) electrons.